The Hall–Kier alpha value is -1.02. The minimum Gasteiger partial charge on any atom is -0.374 e. The third-order valence-electron chi connectivity index (χ3n) is 3.97. The van der Waals surface area contributed by atoms with E-state index < -0.39 is 0 Å². The van der Waals surface area contributed by atoms with E-state index in [1.165, 1.54) is 42.6 Å². The molecule has 0 aliphatic carbocycles. The summed E-state index contributed by atoms with van der Waals surface area (Å²) in [5, 5.41) is 3.63. The number of nitrogens with zero attached hydrogens (tertiary/aromatic N) is 1. The van der Waals surface area contributed by atoms with Crippen molar-refractivity contribution in [3.8, 4) is 0 Å². The van der Waals surface area contributed by atoms with E-state index in [-0.39, 0.29) is 0 Å². The average molecular weight is 260 g/mol. The average Bonchev–Trinajstić information content (AvgIpc) is 2.36. The molecule has 1 heterocycles. The first-order valence-electron chi connectivity index (χ1n) is 7.62. The first-order chi connectivity index (χ1) is 9.06. The van der Waals surface area contributed by atoms with E-state index in [1.807, 2.05) is 0 Å². The van der Waals surface area contributed by atoms with Crippen molar-refractivity contribution in [2.45, 2.75) is 52.6 Å². The fourth-order valence-corrected chi connectivity index (χ4v) is 3.03. The molecule has 1 atom stereocenters. The summed E-state index contributed by atoms with van der Waals surface area (Å²) in [6, 6.07) is 7.55. The molecule has 1 unspecified atom stereocenters. The van der Waals surface area contributed by atoms with E-state index in [2.05, 4.69) is 56.2 Å². The van der Waals surface area contributed by atoms with Crippen molar-refractivity contribution in [3.05, 3.63) is 29.3 Å². The van der Waals surface area contributed by atoms with Gasteiger partial charge in [0.25, 0.3) is 0 Å². The van der Waals surface area contributed by atoms with Gasteiger partial charge in [-0.3, -0.25) is 0 Å². The number of hydrogen-bond donors (Lipinski definition) is 1. The molecule has 0 bridgehead atoms. The van der Waals surface area contributed by atoms with Gasteiger partial charge in [-0.2, -0.15) is 0 Å². The van der Waals surface area contributed by atoms with Crippen LogP contribution >= 0.6 is 0 Å². The van der Waals surface area contributed by atoms with Gasteiger partial charge in [0.05, 0.1) is 0 Å². The molecule has 1 aromatic carbocycles. The minimum absolute atomic E-state index is 0.596. The summed E-state index contributed by atoms with van der Waals surface area (Å²) in [6.45, 7) is 9.03. The van der Waals surface area contributed by atoms with Crippen LogP contribution in [0, 0.1) is 5.92 Å². The van der Waals surface area contributed by atoms with Crippen LogP contribution in [0.15, 0.2) is 18.2 Å². The molecule has 0 saturated carbocycles. The van der Waals surface area contributed by atoms with E-state index in [4.69, 9.17) is 0 Å². The van der Waals surface area contributed by atoms with E-state index in [0.717, 1.165) is 12.5 Å². The van der Waals surface area contributed by atoms with E-state index in [0.29, 0.717) is 6.04 Å². The van der Waals surface area contributed by atoms with Gasteiger partial charge in [0.1, 0.15) is 0 Å². The molecule has 0 amide bonds. The highest BCUT2D eigenvalue weighted by atomic mass is 15.1. The zero-order valence-corrected chi connectivity index (χ0v) is 12.9. The molecule has 1 aliphatic heterocycles. The highest BCUT2D eigenvalue weighted by Crippen LogP contribution is 2.26. The second-order valence-electron chi connectivity index (χ2n) is 6.40. The van der Waals surface area contributed by atoms with Gasteiger partial charge in [-0.25, -0.2) is 0 Å². The molecule has 0 spiro atoms. The molecule has 1 aliphatic rings. The molecule has 0 aromatic heterocycles. The Balaban J connectivity index is 1.95. The molecule has 0 radical (unpaired) electrons. The van der Waals surface area contributed by atoms with E-state index in [9.17, 15) is 0 Å². The quantitative estimate of drug-likeness (QED) is 0.870. The maximum Gasteiger partial charge on any atom is 0.0396 e. The van der Waals surface area contributed by atoms with Crippen molar-refractivity contribution in [1.82, 2.24) is 5.32 Å². The number of anilines is 1. The van der Waals surface area contributed by atoms with Crippen LogP contribution < -0.4 is 10.2 Å². The molecule has 0 fully saturated rings. The first-order valence-corrected chi connectivity index (χ1v) is 7.62. The van der Waals surface area contributed by atoms with Gasteiger partial charge in [-0.1, -0.05) is 26.0 Å². The van der Waals surface area contributed by atoms with Crippen molar-refractivity contribution in [2.24, 2.45) is 5.92 Å². The van der Waals surface area contributed by atoms with Crippen LogP contribution in [0.4, 0.5) is 5.69 Å². The lowest BCUT2D eigenvalue weighted by Crippen LogP contribution is -2.27. The minimum atomic E-state index is 0.596. The van der Waals surface area contributed by atoms with Crippen molar-refractivity contribution >= 4 is 5.69 Å². The smallest absolute Gasteiger partial charge is 0.0396 e. The third kappa shape index (κ3) is 3.97. The fourth-order valence-electron chi connectivity index (χ4n) is 3.03. The fraction of sp³-hybridized carbons (Fsp3) is 0.647. The topological polar surface area (TPSA) is 15.3 Å². The lowest BCUT2D eigenvalue weighted by Gasteiger charge is -2.28. The van der Waals surface area contributed by atoms with Gasteiger partial charge in [0.2, 0.25) is 0 Å². The van der Waals surface area contributed by atoms with Gasteiger partial charge in [-0.05, 0) is 49.3 Å². The Morgan fingerprint density at radius 1 is 1.26 bits per heavy atom. The lowest BCUT2D eigenvalue weighted by molar-refractivity contribution is 0.441. The normalized spacial score (nSPS) is 16.6. The van der Waals surface area contributed by atoms with Crippen molar-refractivity contribution in [2.75, 3.05) is 18.5 Å². The highest BCUT2D eigenvalue weighted by Gasteiger charge is 2.13. The predicted octanol–water partition coefficient (Wildman–Crippen LogP) is 3.59. The molecular weight excluding hydrogens is 232 g/mol. The molecule has 2 nitrogen and oxygen atoms in total. The molecule has 2 heteroatoms. The number of aryl methyl sites for hydroxylation is 1. The van der Waals surface area contributed by atoms with Crippen LogP contribution in [0.25, 0.3) is 0 Å². The van der Waals surface area contributed by atoms with E-state index >= 15 is 0 Å². The number of rotatable bonds is 5. The maximum atomic E-state index is 3.63. The number of hydrogen-bond acceptors (Lipinski definition) is 2. The lowest BCUT2D eigenvalue weighted by atomic mass is 9.99. The van der Waals surface area contributed by atoms with E-state index in [1.54, 1.807) is 0 Å². The Bertz CT molecular complexity index is 412. The first kappa shape index (κ1) is 14.4. The predicted molar refractivity (Wildman–Crippen MR) is 83.8 cm³/mol. The van der Waals surface area contributed by atoms with Crippen molar-refractivity contribution < 1.29 is 0 Å². The van der Waals surface area contributed by atoms with Crippen LogP contribution in [0.5, 0.6) is 0 Å². The molecule has 2 rings (SSSR count). The summed E-state index contributed by atoms with van der Waals surface area (Å²) >= 11 is 0. The number of fused-ring (bicyclic) bond motifs is 1. The maximum absolute atomic E-state index is 3.63. The summed E-state index contributed by atoms with van der Waals surface area (Å²) in [7, 11) is 2.20. The molecule has 19 heavy (non-hydrogen) atoms. The van der Waals surface area contributed by atoms with Crippen LogP contribution in [0.1, 0.15) is 44.7 Å². The summed E-state index contributed by atoms with van der Waals surface area (Å²) in [6.07, 6.45) is 3.76. The molecule has 0 saturated heterocycles. The second kappa shape index (κ2) is 6.42. The molecule has 106 valence electrons. The van der Waals surface area contributed by atoms with Gasteiger partial charge in [0.15, 0.2) is 0 Å². The summed E-state index contributed by atoms with van der Waals surface area (Å²) in [4.78, 5) is 2.37. The van der Waals surface area contributed by atoms with Crippen LogP contribution in [0.2, 0.25) is 0 Å². The monoisotopic (exact) mass is 260 g/mol. The van der Waals surface area contributed by atoms with Crippen LogP contribution in [-0.2, 0) is 13.0 Å². The Labute approximate surface area is 118 Å². The third-order valence-corrected chi connectivity index (χ3v) is 3.97. The van der Waals surface area contributed by atoms with Crippen molar-refractivity contribution in [3.63, 3.8) is 0 Å². The van der Waals surface area contributed by atoms with Gasteiger partial charge in [0, 0.05) is 31.9 Å². The standard InChI is InChI=1S/C17H28N2/c1-13(2)10-14(3)18-12-15-7-8-17-16(11-15)6-5-9-19(17)4/h7-8,11,13-14,18H,5-6,9-10,12H2,1-4H3. The largest absolute Gasteiger partial charge is 0.374 e. The summed E-state index contributed by atoms with van der Waals surface area (Å²) in [5.41, 5.74) is 4.36. The Kier molecular flexibility index (Phi) is 4.87. The van der Waals surface area contributed by atoms with Gasteiger partial charge < -0.3 is 10.2 Å². The second-order valence-corrected chi connectivity index (χ2v) is 6.40. The summed E-state index contributed by atoms with van der Waals surface area (Å²) < 4.78 is 0. The van der Waals surface area contributed by atoms with Crippen LogP contribution in [0.3, 0.4) is 0 Å². The zero-order valence-electron chi connectivity index (χ0n) is 12.9. The SMILES string of the molecule is CC(C)CC(C)NCc1ccc2c(c1)CCCN2C. The summed E-state index contributed by atoms with van der Waals surface area (Å²) in [5.74, 6) is 0.764. The highest BCUT2D eigenvalue weighted by molar-refractivity contribution is 5.56. The molecular formula is C17H28N2. The number of benzene rings is 1. The zero-order chi connectivity index (χ0) is 13.8. The number of nitrogens with one attached hydrogen (secondary N) is 1. The Morgan fingerprint density at radius 3 is 2.79 bits per heavy atom. The van der Waals surface area contributed by atoms with Gasteiger partial charge >= 0.3 is 0 Å². The molecule has 1 N–H and O–H groups in total. The molecule has 1 aromatic rings. The Morgan fingerprint density at radius 2 is 2.05 bits per heavy atom. The van der Waals surface area contributed by atoms with Crippen LogP contribution in [-0.4, -0.2) is 19.6 Å². The van der Waals surface area contributed by atoms with Crippen molar-refractivity contribution in [1.29, 1.82) is 0 Å². The van der Waals surface area contributed by atoms with Gasteiger partial charge in [-0.15, -0.1) is 0 Å².